The second-order valence-electron chi connectivity index (χ2n) is 5.78. The Morgan fingerprint density at radius 2 is 1.86 bits per heavy atom. The molecule has 0 radical (unpaired) electrons. The molecule has 0 atom stereocenters. The van der Waals surface area contributed by atoms with Gasteiger partial charge in [-0.25, -0.2) is 14.4 Å². The Labute approximate surface area is 129 Å². The smallest absolute Gasteiger partial charge is 0.129 e. The summed E-state index contributed by atoms with van der Waals surface area (Å²) in [4.78, 5) is 9.18. The normalized spacial score (nSPS) is 12.4. The number of rotatable bonds is 1. The zero-order chi connectivity index (χ0) is 16.0. The Balaban J connectivity index is 2.57. The van der Waals surface area contributed by atoms with Gasteiger partial charge in [0.05, 0.1) is 11.2 Å². The molecule has 0 saturated carbocycles. The van der Waals surface area contributed by atoms with E-state index in [1.165, 1.54) is 0 Å². The van der Waals surface area contributed by atoms with Crippen LogP contribution in [0.5, 0.6) is 0 Å². The molecule has 0 amide bonds. The Bertz CT molecular complexity index is 939. The third-order valence-corrected chi connectivity index (χ3v) is 4.24. The number of aromatic nitrogens is 2. The van der Waals surface area contributed by atoms with Gasteiger partial charge in [0.15, 0.2) is 0 Å². The fourth-order valence-corrected chi connectivity index (χ4v) is 2.98. The molecule has 0 aliphatic rings. The lowest BCUT2D eigenvalue weighted by Crippen LogP contribution is -1.99. The minimum absolute atomic E-state index is 0.152. The van der Waals surface area contributed by atoms with Gasteiger partial charge in [-0.1, -0.05) is 12.1 Å². The van der Waals surface area contributed by atoms with Gasteiger partial charge in [-0.3, -0.25) is 0 Å². The Morgan fingerprint density at radius 3 is 2.55 bits per heavy atom. The van der Waals surface area contributed by atoms with Crippen LogP contribution >= 0.6 is 0 Å². The summed E-state index contributed by atoms with van der Waals surface area (Å²) < 4.78 is 14.4. The highest BCUT2D eigenvalue weighted by atomic mass is 19.1. The van der Waals surface area contributed by atoms with Crippen molar-refractivity contribution in [3.63, 3.8) is 0 Å². The SMILES string of the molecule is C/C=C(\C)c1nc(C)nc2c1ccc1cc(C)c(F)c(C)c12. The van der Waals surface area contributed by atoms with Gasteiger partial charge in [-0.15, -0.1) is 0 Å². The van der Waals surface area contributed by atoms with E-state index in [0.29, 0.717) is 17.0 Å². The van der Waals surface area contributed by atoms with E-state index in [2.05, 4.69) is 9.97 Å². The molecule has 3 aromatic rings. The summed E-state index contributed by atoms with van der Waals surface area (Å²) >= 11 is 0. The minimum Gasteiger partial charge on any atom is -0.233 e. The Morgan fingerprint density at radius 1 is 1.14 bits per heavy atom. The number of allylic oxidation sites excluding steroid dienone is 2. The van der Waals surface area contributed by atoms with Crippen LogP contribution in [0.1, 0.15) is 36.5 Å². The second kappa shape index (κ2) is 5.16. The highest BCUT2D eigenvalue weighted by molar-refractivity contribution is 6.09. The lowest BCUT2D eigenvalue weighted by molar-refractivity contribution is 0.612. The lowest BCUT2D eigenvalue weighted by Gasteiger charge is -2.13. The van der Waals surface area contributed by atoms with E-state index >= 15 is 0 Å². The maximum Gasteiger partial charge on any atom is 0.129 e. The first-order chi connectivity index (χ1) is 10.4. The number of fused-ring (bicyclic) bond motifs is 3. The van der Waals surface area contributed by atoms with E-state index in [0.717, 1.165) is 32.9 Å². The van der Waals surface area contributed by atoms with Crippen LogP contribution in [-0.2, 0) is 0 Å². The van der Waals surface area contributed by atoms with Crippen molar-refractivity contribution < 1.29 is 4.39 Å². The van der Waals surface area contributed by atoms with Crippen LogP contribution in [0.25, 0.3) is 27.2 Å². The quantitative estimate of drug-likeness (QED) is 0.571. The first kappa shape index (κ1) is 14.6. The molecular formula is C19H19FN2. The van der Waals surface area contributed by atoms with Crippen LogP contribution < -0.4 is 0 Å². The van der Waals surface area contributed by atoms with Gasteiger partial charge in [0, 0.05) is 10.8 Å². The van der Waals surface area contributed by atoms with Crippen LogP contribution in [0.4, 0.5) is 4.39 Å². The number of nitrogens with zero attached hydrogens (tertiary/aromatic N) is 2. The molecule has 0 spiro atoms. The molecule has 22 heavy (non-hydrogen) atoms. The molecule has 3 rings (SSSR count). The summed E-state index contributed by atoms with van der Waals surface area (Å²) in [6, 6.07) is 5.95. The van der Waals surface area contributed by atoms with Crippen molar-refractivity contribution in [3.8, 4) is 0 Å². The molecule has 0 N–H and O–H groups in total. The zero-order valence-electron chi connectivity index (χ0n) is 13.6. The molecule has 3 heteroatoms. The molecular weight excluding hydrogens is 275 g/mol. The van der Waals surface area contributed by atoms with Gasteiger partial charge in [0.1, 0.15) is 11.6 Å². The summed E-state index contributed by atoms with van der Waals surface area (Å²) in [7, 11) is 0. The maximum absolute atomic E-state index is 14.4. The molecule has 0 bridgehead atoms. The lowest BCUT2D eigenvalue weighted by atomic mass is 9.97. The fourth-order valence-electron chi connectivity index (χ4n) is 2.98. The third-order valence-electron chi connectivity index (χ3n) is 4.24. The van der Waals surface area contributed by atoms with E-state index in [-0.39, 0.29) is 5.82 Å². The average molecular weight is 294 g/mol. The molecule has 0 aliphatic carbocycles. The fraction of sp³-hybridized carbons (Fsp3) is 0.263. The van der Waals surface area contributed by atoms with Crippen LogP contribution in [-0.4, -0.2) is 9.97 Å². The van der Waals surface area contributed by atoms with Gasteiger partial charge in [-0.2, -0.15) is 0 Å². The number of hydrogen-bond acceptors (Lipinski definition) is 2. The summed E-state index contributed by atoms with van der Waals surface area (Å²) in [5.74, 6) is 0.553. The molecule has 2 nitrogen and oxygen atoms in total. The first-order valence-electron chi connectivity index (χ1n) is 7.44. The largest absolute Gasteiger partial charge is 0.233 e. The van der Waals surface area contributed by atoms with Crippen LogP contribution in [0, 0.1) is 26.6 Å². The van der Waals surface area contributed by atoms with Crippen molar-refractivity contribution in [1.29, 1.82) is 0 Å². The van der Waals surface area contributed by atoms with E-state index < -0.39 is 0 Å². The number of benzene rings is 2. The van der Waals surface area contributed by atoms with E-state index in [9.17, 15) is 4.39 Å². The molecule has 0 aliphatic heterocycles. The van der Waals surface area contributed by atoms with Gasteiger partial charge in [-0.05, 0) is 68.8 Å². The monoisotopic (exact) mass is 294 g/mol. The third kappa shape index (κ3) is 2.08. The van der Waals surface area contributed by atoms with Crippen LogP contribution in [0.2, 0.25) is 0 Å². The van der Waals surface area contributed by atoms with E-state index in [1.54, 1.807) is 6.92 Å². The summed E-state index contributed by atoms with van der Waals surface area (Å²) in [5.41, 5.74) is 4.17. The average Bonchev–Trinajstić information content (AvgIpc) is 2.50. The van der Waals surface area contributed by atoms with Crippen molar-refractivity contribution >= 4 is 27.2 Å². The first-order valence-corrected chi connectivity index (χ1v) is 7.44. The van der Waals surface area contributed by atoms with Crippen molar-refractivity contribution in [2.24, 2.45) is 0 Å². The van der Waals surface area contributed by atoms with E-state index in [4.69, 9.17) is 0 Å². The second-order valence-corrected chi connectivity index (χ2v) is 5.78. The highest BCUT2D eigenvalue weighted by Gasteiger charge is 2.14. The van der Waals surface area contributed by atoms with Crippen molar-refractivity contribution in [3.05, 3.63) is 52.7 Å². The zero-order valence-corrected chi connectivity index (χ0v) is 13.6. The number of aryl methyl sites for hydroxylation is 3. The van der Waals surface area contributed by atoms with Gasteiger partial charge < -0.3 is 0 Å². The van der Waals surface area contributed by atoms with Gasteiger partial charge >= 0.3 is 0 Å². The van der Waals surface area contributed by atoms with Gasteiger partial charge in [0.2, 0.25) is 0 Å². The summed E-state index contributed by atoms with van der Waals surface area (Å²) in [6.07, 6.45) is 2.04. The topological polar surface area (TPSA) is 25.8 Å². The standard InChI is InChI=1S/C19H19FN2/c1-6-10(2)18-15-8-7-14-9-11(3)17(20)12(4)16(14)19(15)22-13(5)21-18/h6-9H,1-5H3/b10-6+. The molecule has 0 fully saturated rings. The predicted octanol–water partition coefficient (Wildman–Crippen LogP) is 5.27. The van der Waals surface area contributed by atoms with Gasteiger partial charge in [0.25, 0.3) is 0 Å². The summed E-state index contributed by atoms with van der Waals surface area (Å²) in [5, 5.41) is 2.88. The maximum atomic E-state index is 14.4. The highest BCUT2D eigenvalue weighted by Crippen LogP contribution is 2.32. The molecule has 0 unspecified atom stereocenters. The molecule has 0 saturated heterocycles. The molecule has 1 aromatic heterocycles. The van der Waals surface area contributed by atoms with Crippen LogP contribution in [0.3, 0.4) is 0 Å². The van der Waals surface area contributed by atoms with Crippen LogP contribution in [0.15, 0.2) is 24.3 Å². The summed E-state index contributed by atoms with van der Waals surface area (Å²) in [6.45, 7) is 9.53. The van der Waals surface area contributed by atoms with E-state index in [1.807, 2.05) is 52.0 Å². The Hall–Kier alpha value is -2.29. The van der Waals surface area contributed by atoms with Crippen molar-refractivity contribution in [1.82, 2.24) is 9.97 Å². The Kier molecular flexibility index (Phi) is 3.44. The molecule has 1 heterocycles. The molecule has 2 aromatic carbocycles. The predicted molar refractivity (Wildman–Crippen MR) is 90.5 cm³/mol. The van der Waals surface area contributed by atoms with Crippen molar-refractivity contribution in [2.75, 3.05) is 0 Å². The number of hydrogen-bond donors (Lipinski definition) is 0. The minimum atomic E-state index is -0.152. The number of halogens is 1. The van der Waals surface area contributed by atoms with Crippen molar-refractivity contribution in [2.45, 2.75) is 34.6 Å². The molecule has 112 valence electrons.